The molecule has 0 atom stereocenters. The number of aromatic nitrogens is 2. The number of nitrogens with zero attached hydrogens (tertiary/aromatic N) is 2. The highest BCUT2D eigenvalue weighted by atomic mass is 32.2. The summed E-state index contributed by atoms with van der Waals surface area (Å²) in [6.45, 7) is 2.00. The Hall–Kier alpha value is -1.70. The number of imidazole rings is 1. The Morgan fingerprint density at radius 3 is 2.57 bits per heavy atom. The zero-order valence-electron chi connectivity index (χ0n) is 12.0. The van der Waals surface area contributed by atoms with Gasteiger partial charge in [-0.15, -0.1) is 0 Å². The van der Waals surface area contributed by atoms with Crippen LogP contribution in [0.3, 0.4) is 0 Å². The van der Waals surface area contributed by atoms with Crippen molar-refractivity contribution in [2.24, 2.45) is 0 Å². The molecule has 0 spiro atoms. The predicted molar refractivity (Wildman–Crippen MR) is 82.7 cm³/mol. The van der Waals surface area contributed by atoms with Crippen molar-refractivity contribution in [2.75, 3.05) is 19.3 Å². The molecule has 1 heterocycles. The lowest BCUT2D eigenvalue weighted by molar-refractivity contribution is 0.579. The van der Waals surface area contributed by atoms with Gasteiger partial charge in [-0.25, -0.2) is 18.1 Å². The number of sulfonamides is 1. The number of hydrogen-bond acceptors (Lipinski definition) is 4. The molecule has 0 radical (unpaired) electrons. The molecule has 2 N–H and O–H groups in total. The maximum Gasteiger partial charge on any atom is 0.208 e. The molecule has 0 saturated carbocycles. The molecule has 0 saturated heterocycles. The van der Waals surface area contributed by atoms with Crippen LogP contribution in [-0.4, -0.2) is 37.3 Å². The number of rotatable bonds is 8. The summed E-state index contributed by atoms with van der Waals surface area (Å²) in [7, 11) is -3.07. The Kier molecular flexibility index (Phi) is 5.49. The minimum atomic E-state index is -3.07. The molecule has 0 unspecified atom stereocenters. The zero-order chi connectivity index (χ0) is 15.1. The van der Waals surface area contributed by atoms with E-state index in [0.29, 0.717) is 6.54 Å². The van der Waals surface area contributed by atoms with Crippen molar-refractivity contribution in [2.45, 2.75) is 13.0 Å². The first-order valence-electron chi connectivity index (χ1n) is 6.77. The molecular formula is C14H20N4O2S. The van der Waals surface area contributed by atoms with Crippen molar-refractivity contribution < 1.29 is 8.42 Å². The maximum atomic E-state index is 10.9. The van der Waals surface area contributed by atoms with Crippen molar-refractivity contribution in [1.29, 1.82) is 0 Å². The van der Waals surface area contributed by atoms with Gasteiger partial charge >= 0.3 is 0 Å². The van der Waals surface area contributed by atoms with Crippen LogP contribution in [0, 0.1) is 0 Å². The summed E-state index contributed by atoms with van der Waals surface area (Å²) in [4.78, 5) is 4.02. The van der Waals surface area contributed by atoms with Crippen LogP contribution in [0.2, 0.25) is 0 Å². The number of benzene rings is 1. The van der Waals surface area contributed by atoms with Gasteiger partial charge in [0.25, 0.3) is 0 Å². The van der Waals surface area contributed by atoms with Crippen LogP contribution < -0.4 is 10.0 Å². The molecule has 0 fully saturated rings. The fraction of sp³-hybridized carbons (Fsp3) is 0.357. The molecule has 6 nitrogen and oxygen atoms in total. The third-order valence-electron chi connectivity index (χ3n) is 2.96. The van der Waals surface area contributed by atoms with E-state index in [2.05, 4.69) is 27.2 Å². The summed E-state index contributed by atoms with van der Waals surface area (Å²) in [6, 6.07) is 8.22. The Morgan fingerprint density at radius 1 is 1.19 bits per heavy atom. The van der Waals surface area contributed by atoms with E-state index in [9.17, 15) is 8.42 Å². The van der Waals surface area contributed by atoms with Gasteiger partial charge in [0.05, 0.1) is 12.6 Å². The van der Waals surface area contributed by atoms with E-state index in [1.165, 1.54) is 11.8 Å². The van der Waals surface area contributed by atoms with E-state index < -0.39 is 10.0 Å². The van der Waals surface area contributed by atoms with Crippen molar-refractivity contribution in [1.82, 2.24) is 19.6 Å². The molecule has 1 aromatic heterocycles. The molecule has 7 heteroatoms. The summed E-state index contributed by atoms with van der Waals surface area (Å²) < 4.78 is 26.2. The molecule has 0 bridgehead atoms. The quantitative estimate of drug-likeness (QED) is 0.711. The van der Waals surface area contributed by atoms with Gasteiger partial charge < -0.3 is 9.88 Å². The monoisotopic (exact) mass is 308 g/mol. The summed E-state index contributed by atoms with van der Waals surface area (Å²) in [5.41, 5.74) is 2.27. The van der Waals surface area contributed by atoms with Crippen LogP contribution in [0.1, 0.15) is 12.0 Å². The second-order valence-electron chi connectivity index (χ2n) is 4.83. The van der Waals surface area contributed by atoms with Crippen molar-refractivity contribution in [3.63, 3.8) is 0 Å². The Bertz CT molecular complexity index is 636. The molecule has 0 aliphatic rings. The average Bonchev–Trinajstić information content (AvgIpc) is 2.96. The topological polar surface area (TPSA) is 76.0 Å². The maximum absolute atomic E-state index is 10.9. The van der Waals surface area contributed by atoms with Gasteiger partial charge in [-0.1, -0.05) is 12.1 Å². The highest BCUT2D eigenvalue weighted by Gasteiger charge is 1.99. The van der Waals surface area contributed by atoms with Gasteiger partial charge in [0.1, 0.15) is 0 Å². The summed E-state index contributed by atoms with van der Waals surface area (Å²) in [5, 5.41) is 3.29. The molecule has 2 rings (SSSR count). The Balaban J connectivity index is 1.70. The lowest BCUT2D eigenvalue weighted by Crippen LogP contribution is -2.26. The molecular weight excluding hydrogens is 288 g/mol. The molecule has 114 valence electrons. The highest BCUT2D eigenvalue weighted by molar-refractivity contribution is 7.88. The minimum absolute atomic E-state index is 0.464. The lowest BCUT2D eigenvalue weighted by atomic mass is 10.2. The van der Waals surface area contributed by atoms with Gasteiger partial charge in [-0.05, 0) is 30.7 Å². The largest absolute Gasteiger partial charge is 0.313 e. The molecule has 1 aromatic carbocycles. The second-order valence-corrected chi connectivity index (χ2v) is 6.67. The van der Waals surface area contributed by atoms with Gasteiger partial charge in [0, 0.05) is 31.2 Å². The first kappa shape index (κ1) is 15.7. The van der Waals surface area contributed by atoms with Gasteiger partial charge in [-0.2, -0.15) is 0 Å². The standard InChI is InChI=1S/C14H20N4O2S/c1-21(19,20)17-8-2-7-15-11-13-3-5-14(6-4-13)18-10-9-16-12-18/h3-6,9-10,12,15,17H,2,7-8,11H2,1H3. The fourth-order valence-corrected chi connectivity index (χ4v) is 2.42. The SMILES string of the molecule is CS(=O)(=O)NCCCNCc1ccc(-n2ccnc2)cc1. The second kappa shape index (κ2) is 7.35. The molecule has 0 aliphatic carbocycles. The zero-order valence-corrected chi connectivity index (χ0v) is 12.8. The Labute approximate surface area is 125 Å². The van der Waals surface area contributed by atoms with Gasteiger partial charge in [0.2, 0.25) is 10.0 Å². The third kappa shape index (κ3) is 5.66. The van der Waals surface area contributed by atoms with E-state index in [0.717, 1.165) is 25.2 Å². The first-order valence-corrected chi connectivity index (χ1v) is 8.66. The number of nitrogens with one attached hydrogen (secondary N) is 2. The van der Waals surface area contributed by atoms with Gasteiger partial charge in [-0.3, -0.25) is 0 Å². The van der Waals surface area contributed by atoms with Crippen molar-refractivity contribution in [3.8, 4) is 5.69 Å². The van der Waals surface area contributed by atoms with Crippen molar-refractivity contribution in [3.05, 3.63) is 48.5 Å². The summed E-state index contributed by atoms with van der Waals surface area (Å²) >= 11 is 0. The first-order chi connectivity index (χ1) is 10.0. The average molecular weight is 308 g/mol. The molecule has 0 aliphatic heterocycles. The minimum Gasteiger partial charge on any atom is -0.313 e. The van der Waals surface area contributed by atoms with E-state index in [-0.39, 0.29) is 0 Å². The van der Waals surface area contributed by atoms with Crippen LogP contribution >= 0.6 is 0 Å². The smallest absolute Gasteiger partial charge is 0.208 e. The Morgan fingerprint density at radius 2 is 1.95 bits per heavy atom. The van der Waals surface area contributed by atoms with E-state index >= 15 is 0 Å². The van der Waals surface area contributed by atoms with Gasteiger partial charge in [0.15, 0.2) is 0 Å². The molecule has 21 heavy (non-hydrogen) atoms. The summed E-state index contributed by atoms with van der Waals surface area (Å²) in [5.74, 6) is 0. The lowest BCUT2D eigenvalue weighted by Gasteiger charge is -2.07. The number of hydrogen-bond donors (Lipinski definition) is 2. The summed E-state index contributed by atoms with van der Waals surface area (Å²) in [6.07, 6.45) is 7.35. The predicted octanol–water partition coefficient (Wildman–Crippen LogP) is 0.901. The van der Waals surface area contributed by atoms with Crippen LogP contribution in [0.5, 0.6) is 0 Å². The van der Waals surface area contributed by atoms with E-state index in [1.807, 2.05) is 22.9 Å². The van der Waals surface area contributed by atoms with Crippen LogP contribution in [-0.2, 0) is 16.6 Å². The highest BCUT2D eigenvalue weighted by Crippen LogP contribution is 2.08. The van der Waals surface area contributed by atoms with Crippen molar-refractivity contribution >= 4 is 10.0 Å². The van der Waals surface area contributed by atoms with Crippen LogP contribution in [0.25, 0.3) is 5.69 Å². The normalized spacial score (nSPS) is 11.7. The van der Waals surface area contributed by atoms with Crippen LogP contribution in [0.15, 0.2) is 43.0 Å². The molecule has 2 aromatic rings. The van der Waals surface area contributed by atoms with E-state index in [4.69, 9.17) is 0 Å². The molecule has 0 amide bonds. The fourth-order valence-electron chi connectivity index (χ4n) is 1.90. The van der Waals surface area contributed by atoms with E-state index in [1.54, 1.807) is 12.5 Å². The third-order valence-corrected chi connectivity index (χ3v) is 3.69. The van der Waals surface area contributed by atoms with Crippen LogP contribution in [0.4, 0.5) is 0 Å².